The van der Waals surface area contributed by atoms with Crippen LogP contribution in [0.15, 0.2) is 23.4 Å². The highest BCUT2D eigenvalue weighted by molar-refractivity contribution is 7.89. The van der Waals surface area contributed by atoms with Crippen LogP contribution in [0.25, 0.3) is 0 Å². The van der Waals surface area contributed by atoms with E-state index in [1.54, 1.807) is 0 Å². The first kappa shape index (κ1) is 14.2. The van der Waals surface area contributed by atoms with Gasteiger partial charge in [0.25, 0.3) is 0 Å². The number of sulfonamides is 1. The second-order valence-electron chi connectivity index (χ2n) is 4.46. The molecule has 1 atom stereocenters. The fourth-order valence-electron chi connectivity index (χ4n) is 2.30. The maximum absolute atomic E-state index is 12.6. The van der Waals surface area contributed by atoms with Gasteiger partial charge in [-0.05, 0) is 18.9 Å². The average molecular weight is 286 g/mol. The van der Waals surface area contributed by atoms with Crippen LogP contribution < -0.4 is 11.3 Å². The van der Waals surface area contributed by atoms with Gasteiger partial charge in [0.1, 0.15) is 4.90 Å². The molecule has 19 heavy (non-hydrogen) atoms. The minimum absolute atomic E-state index is 0.0397. The molecule has 2 heterocycles. The monoisotopic (exact) mass is 286 g/mol. The topological polar surface area (TPSA) is 109 Å². The predicted molar refractivity (Wildman–Crippen MR) is 70.7 cm³/mol. The van der Waals surface area contributed by atoms with Crippen molar-refractivity contribution in [3.05, 3.63) is 18.5 Å². The summed E-state index contributed by atoms with van der Waals surface area (Å²) in [5.41, 5.74) is 2.67. The number of aromatic nitrogens is 1. The number of hydrazine groups is 1. The van der Waals surface area contributed by atoms with Gasteiger partial charge in [-0.25, -0.2) is 8.42 Å². The molecular formula is C11H18N4O3S. The van der Waals surface area contributed by atoms with E-state index < -0.39 is 10.0 Å². The van der Waals surface area contributed by atoms with Crippen molar-refractivity contribution in [2.24, 2.45) is 5.84 Å². The second-order valence-corrected chi connectivity index (χ2v) is 6.32. The van der Waals surface area contributed by atoms with Crippen LogP contribution in [0.1, 0.15) is 19.3 Å². The fraction of sp³-hybridized carbons (Fsp3) is 0.545. The largest absolute Gasteiger partial charge is 0.395 e. The standard InChI is InChI=1S/C11H18N4O3S/c12-14-10-4-5-13-7-11(10)19(17,18)15-6-2-1-3-9(15)8-16/h4-5,7,9,16H,1-3,6,8,12H2,(H,13,14). The quantitative estimate of drug-likeness (QED) is 0.527. The van der Waals surface area contributed by atoms with Crippen LogP contribution >= 0.6 is 0 Å². The van der Waals surface area contributed by atoms with Gasteiger partial charge < -0.3 is 10.5 Å². The van der Waals surface area contributed by atoms with Crippen LogP contribution in [0.2, 0.25) is 0 Å². The molecule has 0 spiro atoms. The predicted octanol–water partition coefficient (Wildman–Crippen LogP) is -0.0973. The van der Waals surface area contributed by atoms with Gasteiger partial charge >= 0.3 is 0 Å². The van der Waals surface area contributed by atoms with Gasteiger partial charge in [0.15, 0.2) is 0 Å². The zero-order valence-corrected chi connectivity index (χ0v) is 11.3. The molecule has 1 aromatic rings. The molecule has 7 nitrogen and oxygen atoms in total. The Morgan fingerprint density at radius 3 is 3.00 bits per heavy atom. The number of hydrogen-bond acceptors (Lipinski definition) is 6. The smallest absolute Gasteiger partial charge is 0.247 e. The zero-order chi connectivity index (χ0) is 13.9. The summed E-state index contributed by atoms with van der Waals surface area (Å²) in [5.74, 6) is 5.33. The summed E-state index contributed by atoms with van der Waals surface area (Å²) in [5, 5.41) is 9.34. The third kappa shape index (κ3) is 2.71. The van der Waals surface area contributed by atoms with Gasteiger partial charge in [0, 0.05) is 25.0 Å². The number of anilines is 1. The third-order valence-electron chi connectivity index (χ3n) is 3.31. The molecule has 1 fully saturated rings. The molecule has 2 rings (SSSR count). The minimum atomic E-state index is -3.70. The number of rotatable bonds is 4. The molecule has 0 aromatic carbocycles. The van der Waals surface area contributed by atoms with Crippen LogP contribution in [0.3, 0.4) is 0 Å². The van der Waals surface area contributed by atoms with Crippen LogP contribution in [0, 0.1) is 0 Å². The van der Waals surface area contributed by atoms with Crippen LogP contribution in [-0.4, -0.2) is 42.0 Å². The average Bonchev–Trinajstić information content (AvgIpc) is 2.47. The Hall–Kier alpha value is -1.22. The highest BCUT2D eigenvalue weighted by atomic mass is 32.2. The van der Waals surface area contributed by atoms with Crippen LogP contribution in [0.5, 0.6) is 0 Å². The Morgan fingerprint density at radius 2 is 2.32 bits per heavy atom. The molecule has 1 aliphatic rings. The Labute approximate surface area is 112 Å². The lowest BCUT2D eigenvalue weighted by molar-refractivity contribution is 0.155. The Kier molecular flexibility index (Phi) is 4.35. The maximum atomic E-state index is 12.6. The third-order valence-corrected chi connectivity index (χ3v) is 5.29. The number of nitrogens with one attached hydrogen (secondary N) is 1. The summed E-state index contributed by atoms with van der Waals surface area (Å²) in [6.07, 6.45) is 5.12. The Bertz CT molecular complexity index is 534. The number of nitrogens with zero attached hydrogens (tertiary/aromatic N) is 2. The summed E-state index contributed by atoms with van der Waals surface area (Å²) in [6.45, 7) is 0.233. The van der Waals surface area contributed by atoms with Crippen molar-refractivity contribution >= 4 is 15.7 Å². The van der Waals surface area contributed by atoms with E-state index in [1.165, 1.54) is 22.8 Å². The number of aliphatic hydroxyl groups is 1. The van der Waals surface area contributed by atoms with E-state index in [2.05, 4.69) is 10.4 Å². The molecule has 1 aliphatic heterocycles. The number of hydrogen-bond donors (Lipinski definition) is 3. The van der Waals surface area contributed by atoms with Gasteiger partial charge in [-0.15, -0.1) is 0 Å². The number of nitrogen functional groups attached to an aromatic ring is 1. The van der Waals surface area contributed by atoms with Crippen molar-refractivity contribution in [1.29, 1.82) is 0 Å². The Morgan fingerprint density at radius 1 is 1.53 bits per heavy atom. The van der Waals surface area contributed by atoms with Gasteiger partial charge in [-0.2, -0.15) is 4.31 Å². The summed E-state index contributed by atoms with van der Waals surface area (Å²) >= 11 is 0. The van der Waals surface area contributed by atoms with Crippen molar-refractivity contribution < 1.29 is 13.5 Å². The summed E-state index contributed by atoms with van der Waals surface area (Å²) < 4.78 is 26.6. The first-order valence-electron chi connectivity index (χ1n) is 6.14. The number of nitrogens with two attached hydrogens (primary N) is 1. The van der Waals surface area contributed by atoms with Crippen molar-refractivity contribution in [1.82, 2.24) is 9.29 Å². The molecule has 0 saturated carbocycles. The minimum Gasteiger partial charge on any atom is -0.395 e. The first-order chi connectivity index (χ1) is 9.11. The van der Waals surface area contributed by atoms with E-state index in [4.69, 9.17) is 5.84 Å². The molecular weight excluding hydrogens is 268 g/mol. The molecule has 4 N–H and O–H groups in total. The summed E-state index contributed by atoms with van der Waals surface area (Å²) in [4.78, 5) is 3.88. The van der Waals surface area contributed by atoms with E-state index >= 15 is 0 Å². The molecule has 1 saturated heterocycles. The first-order valence-corrected chi connectivity index (χ1v) is 7.58. The summed E-state index contributed by atoms with van der Waals surface area (Å²) in [7, 11) is -3.70. The van der Waals surface area contributed by atoms with E-state index in [0.29, 0.717) is 18.7 Å². The van der Waals surface area contributed by atoms with Gasteiger partial charge in [-0.1, -0.05) is 6.42 Å². The lowest BCUT2D eigenvalue weighted by Gasteiger charge is -2.33. The molecule has 106 valence electrons. The SMILES string of the molecule is NNc1ccncc1S(=O)(=O)N1CCCCC1CO. The lowest BCUT2D eigenvalue weighted by atomic mass is 10.1. The maximum Gasteiger partial charge on any atom is 0.247 e. The summed E-state index contributed by atoms with van der Waals surface area (Å²) in [6, 6.07) is 1.13. The van der Waals surface area contributed by atoms with Crippen molar-refractivity contribution in [3.63, 3.8) is 0 Å². The van der Waals surface area contributed by atoms with Crippen LogP contribution in [-0.2, 0) is 10.0 Å². The van der Waals surface area contributed by atoms with Gasteiger partial charge in [0.2, 0.25) is 10.0 Å². The molecule has 8 heteroatoms. The van der Waals surface area contributed by atoms with Gasteiger partial charge in [0.05, 0.1) is 12.3 Å². The molecule has 0 bridgehead atoms. The normalized spacial score (nSPS) is 21.3. The number of pyridine rings is 1. The van der Waals surface area contributed by atoms with E-state index in [-0.39, 0.29) is 17.5 Å². The van der Waals surface area contributed by atoms with Crippen LogP contribution in [0.4, 0.5) is 5.69 Å². The highest BCUT2D eigenvalue weighted by Gasteiger charge is 2.34. The molecule has 1 aromatic heterocycles. The van der Waals surface area contributed by atoms with Crippen molar-refractivity contribution in [3.8, 4) is 0 Å². The molecule has 0 amide bonds. The van der Waals surface area contributed by atoms with Crippen molar-refractivity contribution in [2.45, 2.75) is 30.2 Å². The molecule has 1 unspecified atom stereocenters. The highest BCUT2D eigenvalue weighted by Crippen LogP contribution is 2.28. The van der Waals surface area contributed by atoms with Crippen molar-refractivity contribution in [2.75, 3.05) is 18.6 Å². The fourth-order valence-corrected chi connectivity index (χ4v) is 4.09. The van der Waals surface area contributed by atoms with Gasteiger partial charge in [-0.3, -0.25) is 10.8 Å². The lowest BCUT2D eigenvalue weighted by Crippen LogP contribution is -2.45. The number of piperidine rings is 1. The second kappa shape index (κ2) is 5.83. The van der Waals surface area contributed by atoms with E-state index in [9.17, 15) is 13.5 Å². The zero-order valence-electron chi connectivity index (χ0n) is 10.5. The van der Waals surface area contributed by atoms with E-state index in [1.807, 2.05) is 0 Å². The number of aliphatic hydroxyl groups excluding tert-OH is 1. The molecule has 0 aliphatic carbocycles. The Balaban J connectivity index is 2.40. The van der Waals surface area contributed by atoms with E-state index in [0.717, 1.165) is 12.8 Å². The molecule has 0 radical (unpaired) electrons.